The van der Waals surface area contributed by atoms with Crippen molar-refractivity contribution in [2.75, 3.05) is 30.8 Å². The van der Waals surface area contributed by atoms with Gasteiger partial charge in [-0.2, -0.15) is 8.78 Å². The Hall–Kier alpha value is -5.19. The molecule has 3 aromatic rings. The minimum Gasteiger partial charge on any atom is -0.477 e. The zero-order valence-electron chi connectivity index (χ0n) is 24.3. The van der Waals surface area contributed by atoms with E-state index < -0.39 is 77.4 Å². The van der Waals surface area contributed by atoms with Crippen LogP contribution in [0.5, 0.6) is 5.75 Å². The number of nitrogens with one attached hydrogen (secondary N) is 2. The number of amides is 3. The highest BCUT2D eigenvalue weighted by molar-refractivity contribution is 6.33. The third-order valence-electron chi connectivity index (χ3n) is 5.79. The molecule has 248 valence electrons. The number of pyridine rings is 1. The summed E-state index contributed by atoms with van der Waals surface area (Å²) in [5.41, 5.74) is 8.26. The molecule has 1 atom stereocenters. The highest BCUT2D eigenvalue weighted by Crippen LogP contribution is 2.29. The van der Waals surface area contributed by atoms with Crippen molar-refractivity contribution in [2.45, 2.75) is 26.8 Å². The van der Waals surface area contributed by atoms with Gasteiger partial charge < -0.3 is 25.1 Å². The van der Waals surface area contributed by atoms with Gasteiger partial charge in [-0.05, 0) is 50.6 Å². The lowest BCUT2D eigenvalue weighted by molar-refractivity contribution is -0.154. The average molecular weight is 676 g/mol. The molecule has 0 saturated heterocycles. The largest absolute Gasteiger partial charge is 0.477 e. The molecule has 0 fully saturated rings. The van der Waals surface area contributed by atoms with Gasteiger partial charge in [-0.15, -0.1) is 0 Å². The van der Waals surface area contributed by atoms with E-state index in [-0.39, 0.29) is 18.7 Å². The van der Waals surface area contributed by atoms with Crippen LogP contribution in [-0.2, 0) is 23.9 Å². The molecule has 18 heteroatoms. The summed E-state index contributed by atoms with van der Waals surface area (Å²) in [6.45, 7) is 2.17. The Morgan fingerprint density at radius 3 is 2.22 bits per heavy atom. The number of halogens is 6. The highest BCUT2D eigenvalue weighted by atomic mass is 35.5. The van der Waals surface area contributed by atoms with Crippen LogP contribution in [0.15, 0.2) is 41.3 Å². The molecular weight excluding hydrogens is 649 g/mol. The zero-order chi connectivity index (χ0) is 34.7. The number of nitrogens with two attached hydrogens (primary N) is 1. The molecule has 3 amide bonds. The molecular formula is C28H27ClF5N5O7. The highest BCUT2D eigenvalue weighted by Gasteiger charge is 2.29. The first-order valence-electron chi connectivity index (χ1n) is 13.0. The minimum atomic E-state index is -2.44. The Balaban J connectivity index is 0.000000700. The Kier molecular flexibility index (Phi) is 13.5. The SMILES string of the molecule is CCOC(=O)CN(NC(=O)C(C)n1cccc(NC=O)c1=O)C(=O)COc1c(F)c(F)c(F)c(F)c1F.Cc1ccc(N)c(Cl)c1. The van der Waals surface area contributed by atoms with Crippen molar-refractivity contribution in [3.8, 4) is 5.75 Å². The number of aromatic nitrogens is 1. The van der Waals surface area contributed by atoms with Crippen LogP contribution in [-0.4, -0.2) is 53.5 Å². The molecule has 0 aliphatic carbocycles. The number of ether oxygens (including phenoxy) is 2. The van der Waals surface area contributed by atoms with Crippen LogP contribution in [0, 0.1) is 36.0 Å². The van der Waals surface area contributed by atoms with E-state index in [1.54, 1.807) is 6.07 Å². The minimum absolute atomic E-state index is 0.127. The number of aryl methyl sites for hydroxylation is 1. The van der Waals surface area contributed by atoms with E-state index in [4.69, 9.17) is 17.3 Å². The first-order valence-corrected chi connectivity index (χ1v) is 13.4. The number of benzene rings is 2. The first kappa shape index (κ1) is 37.0. The van der Waals surface area contributed by atoms with E-state index in [0.717, 1.165) is 10.1 Å². The Morgan fingerprint density at radius 2 is 1.67 bits per heavy atom. The fourth-order valence-electron chi connectivity index (χ4n) is 3.42. The Labute approximate surface area is 262 Å². The second-order valence-corrected chi connectivity index (χ2v) is 9.45. The summed E-state index contributed by atoms with van der Waals surface area (Å²) < 4.78 is 77.6. The van der Waals surface area contributed by atoms with Crippen LogP contribution in [0.1, 0.15) is 25.5 Å². The van der Waals surface area contributed by atoms with E-state index in [1.807, 2.05) is 24.5 Å². The van der Waals surface area contributed by atoms with Crippen LogP contribution in [0.3, 0.4) is 0 Å². The molecule has 1 unspecified atom stereocenters. The molecule has 2 aromatic carbocycles. The normalized spacial score (nSPS) is 11.0. The van der Waals surface area contributed by atoms with Gasteiger partial charge in [-0.1, -0.05) is 17.7 Å². The van der Waals surface area contributed by atoms with Crippen LogP contribution >= 0.6 is 11.6 Å². The lowest BCUT2D eigenvalue weighted by Gasteiger charge is -2.25. The second-order valence-electron chi connectivity index (χ2n) is 9.05. The van der Waals surface area contributed by atoms with E-state index in [0.29, 0.717) is 15.7 Å². The molecule has 0 bridgehead atoms. The number of hydrogen-bond acceptors (Lipinski definition) is 8. The molecule has 4 N–H and O–H groups in total. The lowest BCUT2D eigenvalue weighted by Crippen LogP contribution is -2.52. The van der Waals surface area contributed by atoms with Crippen LogP contribution < -0.4 is 26.8 Å². The topological polar surface area (TPSA) is 162 Å². The monoisotopic (exact) mass is 675 g/mol. The van der Waals surface area contributed by atoms with Crippen molar-refractivity contribution in [3.05, 3.63) is 86.6 Å². The number of hydrogen-bond donors (Lipinski definition) is 3. The molecule has 0 spiro atoms. The summed E-state index contributed by atoms with van der Waals surface area (Å²) in [5.74, 6) is -17.0. The predicted octanol–water partition coefficient (Wildman–Crippen LogP) is 3.41. The van der Waals surface area contributed by atoms with Gasteiger partial charge in [0.1, 0.15) is 18.3 Å². The van der Waals surface area contributed by atoms with Crippen molar-refractivity contribution >= 4 is 47.2 Å². The number of hydrazine groups is 1. The third kappa shape index (κ3) is 9.40. The van der Waals surface area contributed by atoms with Gasteiger partial charge in [0, 0.05) is 6.20 Å². The summed E-state index contributed by atoms with van der Waals surface area (Å²) in [7, 11) is 0. The number of carbonyl (C=O) groups excluding carboxylic acids is 4. The molecule has 0 aliphatic rings. The van der Waals surface area contributed by atoms with Crippen molar-refractivity contribution in [3.63, 3.8) is 0 Å². The number of nitrogen functional groups attached to an aromatic ring is 1. The maximum atomic E-state index is 13.8. The zero-order valence-corrected chi connectivity index (χ0v) is 25.1. The van der Waals surface area contributed by atoms with E-state index in [9.17, 15) is 45.9 Å². The second kappa shape index (κ2) is 16.8. The fourth-order valence-corrected chi connectivity index (χ4v) is 3.66. The maximum Gasteiger partial charge on any atom is 0.327 e. The predicted molar refractivity (Wildman–Crippen MR) is 154 cm³/mol. The number of carbonyl (C=O) groups is 4. The summed E-state index contributed by atoms with van der Waals surface area (Å²) in [6.07, 6.45) is 1.42. The average Bonchev–Trinajstić information content (AvgIpc) is 3.01. The van der Waals surface area contributed by atoms with E-state index in [2.05, 4.69) is 14.8 Å². The van der Waals surface area contributed by atoms with Crippen LogP contribution in [0.4, 0.5) is 33.3 Å². The summed E-state index contributed by atoms with van der Waals surface area (Å²) in [4.78, 5) is 60.2. The smallest absolute Gasteiger partial charge is 0.327 e. The molecule has 0 radical (unpaired) electrons. The molecule has 46 heavy (non-hydrogen) atoms. The van der Waals surface area contributed by atoms with Crippen LogP contribution in [0.25, 0.3) is 0 Å². The Morgan fingerprint density at radius 1 is 1.07 bits per heavy atom. The number of nitrogens with zero attached hydrogens (tertiary/aromatic N) is 2. The van der Waals surface area contributed by atoms with Gasteiger partial charge in [-0.3, -0.25) is 29.4 Å². The van der Waals surface area contributed by atoms with Crippen molar-refractivity contribution in [1.29, 1.82) is 0 Å². The van der Waals surface area contributed by atoms with Crippen LogP contribution in [0.2, 0.25) is 5.02 Å². The fraction of sp³-hybridized carbons (Fsp3) is 0.250. The first-order chi connectivity index (χ1) is 21.6. The number of esters is 1. The van der Waals surface area contributed by atoms with Gasteiger partial charge in [-0.25, -0.2) is 18.2 Å². The third-order valence-corrected chi connectivity index (χ3v) is 6.12. The standard InChI is InChI=1S/C21H19F5N4O7.C7H8ClN/c1-3-36-13(33)7-30(12(32)8-37-19-17(25)15(23)14(22)16(24)18(19)26)28-20(34)10(2)29-6-4-5-11(21(29)35)27-9-31;1-5-2-3-7(9)6(8)4-5/h4-6,9-10H,3,7-8H2,1-2H3,(H,27,31)(H,28,34);2-4H,9H2,1H3. The van der Waals surface area contributed by atoms with Gasteiger partial charge in [0.2, 0.25) is 35.5 Å². The van der Waals surface area contributed by atoms with Gasteiger partial charge in [0.05, 0.1) is 17.3 Å². The molecule has 0 aliphatic heterocycles. The van der Waals surface area contributed by atoms with Crippen molar-refractivity contribution in [1.82, 2.24) is 15.0 Å². The van der Waals surface area contributed by atoms with Gasteiger partial charge in [0.15, 0.2) is 12.4 Å². The van der Waals surface area contributed by atoms with E-state index >= 15 is 0 Å². The summed E-state index contributed by atoms with van der Waals surface area (Å²) >= 11 is 5.69. The molecule has 1 aromatic heterocycles. The lowest BCUT2D eigenvalue weighted by atomic mass is 10.2. The summed E-state index contributed by atoms with van der Waals surface area (Å²) in [6, 6.07) is 6.83. The quantitative estimate of drug-likeness (QED) is 0.0560. The van der Waals surface area contributed by atoms with Gasteiger partial charge in [0.25, 0.3) is 17.4 Å². The molecule has 12 nitrogen and oxygen atoms in total. The van der Waals surface area contributed by atoms with Crippen molar-refractivity contribution < 1.29 is 50.6 Å². The molecule has 3 rings (SSSR count). The molecule has 1 heterocycles. The summed E-state index contributed by atoms with van der Waals surface area (Å²) in [5, 5.41) is 3.08. The van der Waals surface area contributed by atoms with E-state index in [1.165, 1.54) is 32.2 Å². The number of rotatable bonds is 10. The maximum absolute atomic E-state index is 13.8. The number of anilines is 2. The molecule has 0 saturated carbocycles. The van der Waals surface area contributed by atoms with Crippen molar-refractivity contribution in [2.24, 2.45) is 0 Å². The Bertz CT molecular complexity index is 1650. The van der Waals surface area contributed by atoms with Gasteiger partial charge >= 0.3 is 5.97 Å².